The van der Waals surface area contributed by atoms with Crippen LogP contribution in [0.3, 0.4) is 0 Å². The molecule has 1 unspecified atom stereocenters. The van der Waals surface area contributed by atoms with E-state index in [1.807, 2.05) is 30.3 Å². The minimum atomic E-state index is -0.813. The lowest BCUT2D eigenvalue weighted by Gasteiger charge is -2.16. The number of carbonyl (C=O) groups is 1. The predicted molar refractivity (Wildman–Crippen MR) is 134 cm³/mol. The van der Waals surface area contributed by atoms with Gasteiger partial charge in [-0.1, -0.05) is 66.2 Å². The quantitative estimate of drug-likeness (QED) is 0.427. The minimum Gasteiger partial charge on any atom is -0.497 e. The number of ether oxygens (including phenoxy) is 1. The van der Waals surface area contributed by atoms with E-state index in [2.05, 4.69) is 10.4 Å². The lowest BCUT2D eigenvalue weighted by Crippen LogP contribution is -2.46. The molecule has 0 saturated carbocycles. The molecule has 0 saturated heterocycles. The Hall–Kier alpha value is -4.17. The van der Waals surface area contributed by atoms with Gasteiger partial charge in [0.25, 0.3) is 11.5 Å². The monoisotopic (exact) mass is 490 g/mol. The SMILES string of the molecule is COc1cccc(-n2nc(C(=O)NC(C)c3ccccc3)c(=O)n(Cc3ccccc3Cl)c2=O)c1. The van der Waals surface area contributed by atoms with Crippen molar-refractivity contribution in [2.24, 2.45) is 0 Å². The number of halogens is 1. The van der Waals surface area contributed by atoms with Crippen LogP contribution in [0.1, 0.15) is 34.6 Å². The molecule has 0 aliphatic carbocycles. The van der Waals surface area contributed by atoms with Gasteiger partial charge < -0.3 is 10.1 Å². The molecule has 0 bridgehead atoms. The summed E-state index contributed by atoms with van der Waals surface area (Å²) in [6.07, 6.45) is 0. The number of rotatable bonds is 7. The van der Waals surface area contributed by atoms with Crippen molar-refractivity contribution in [1.82, 2.24) is 19.7 Å². The molecular formula is C26H23ClN4O4. The summed E-state index contributed by atoms with van der Waals surface area (Å²) in [5.74, 6) is -0.209. The van der Waals surface area contributed by atoms with Crippen molar-refractivity contribution < 1.29 is 9.53 Å². The van der Waals surface area contributed by atoms with Gasteiger partial charge in [0.05, 0.1) is 25.4 Å². The zero-order chi connectivity index (χ0) is 24.9. The maximum Gasteiger partial charge on any atom is 0.352 e. The van der Waals surface area contributed by atoms with E-state index in [-0.39, 0.29) is 12.6 Å². The number of methoxy groups -OCH3 is 1. The smallest absolute Gasteiger partial charge is 0.352 e. The molecule has 9 heteroatoms. The van der Waals surface area contributed by atoms with Crippen LogP contribution in [-0.2, 0) is 6.54 Å². The Bertz CT molecular complexity index is 1480. The maximum absolute atomic E-state index is 13.4. The Morgan fingerprint density at radius 2 is 1.74 bits per heavy atom. The molecule has 8 nitrogen and oxygen atoms in total. The fourth-order valence-electron chi connectivity index (χ4n) is 3.59. The van der Waals surface area contributed by atoms with Crippen molar-refractivity contribution >= 4 is 17.5 Å². The van der Waals surface area contributed by atoms with Crippen molar-refractivity contribution in [2.75, 3.05) is 7.11 Å². The van der Waals surface area contributed by atoms with Gasteiger partial charge in [0.1, 0.15) is 5.75 Å². The standard InChI is InChI=1S/C26H23ClN4O4/c1-17(18-9-4-3-5-10-18)28-24(32)23-25(33)30(16-19-11-6-7-14-22(19)27)26(34)31(29-23)20-12-8-13-21(15-20)35-2/h3-15,17H,16H2,1-2H3,(H,28,32). The molecule has 1 amide bonds. The molecule has 0 aliphatic rings. The molecule has 0 radical (unpaired) electrons. The van der Waals surface area contributed by atoms with Gasteiger partial charge >= 0.3 is 5.69 Å². The number of nitrogens with one attached hydrogen (secondary N) is 1. The van der Waals surface area contributed by atoms with Crippen LogP contribution in [0.15, 0.2) is 88.5 Å². The highest BCUT2D eigenvalue weighted by Gasteiger charge is 2.22. The van der Waals surface area contributed by atoms with E-state index >= 15 is 0 Å². The van der Waals surface area contributed by atoms with E-state index in [0.29, 0.717) is 22.0 Å². The normalized spacial score (nSPS) is 11.6. The zero-order valence-electron chi connectivity index (χ0n) is 19.1. The number of carbonyl (C=O) groups excluding carboxylic acids is 1. The average Bonchev–Trinajstić information content (AvgIpc) is 2.88. The van der Waals surface area contributed by atoms with Crippen LogP contribution < -0.4 is 21.3 Å². The highest BCUT2D eigenvalue weighted by Crippen LogP contribution is 2.17. The molecule has 0 spiro atoms. The highest BCUT2D eigenvalue weighted by atomic mass is 35.5. The van der Waals surface area contributed by atoms with Crippen LogP contribution in [-0.4, -0.2) is 27.4 Å². The van der Waals surface area contributed by atoms with Gasteiger partial charge in [-0.2, -0.15) is 9.78 Å². The Labute approximate surface area is 206 Å². The molecule has 35 heavy (non-hydrogen) atoms. The molecule has 4 aromatic rings. The fraction of sp³-hybridized carbons (Fsp3) is 0.154. The first kappa shape index (κ1) is 24.0. The summed E-state index contributed by atoms with van der Waals surface area (Å²) in [7, 11) is 1.50. The Kier molecular flexibility index (Phi) is 7.12. The maximum atomic E-state index is 13.4. The average molecular weight is 491 g/mol. The molecule has 1 aromatic heterocycles. The third-order valence-corrected chi connectivity index (χ3v) is 5.87. The number of aromatic nitrogens is 3. The van der Waals surface area contributed by atoms with Gasteiger partial charge in [-0.15, -0.1) is 0 Å². The van der Waals surface area contributed by atoms with Gasteiger partial charge in [-0.25, -0.2) is 4.79 Å². The first-order chi connectivity index (χ1) is 16.9. The predicted octanol–water partition coefficient (Wildman–Crippen LogP) is 3.60. The van der Waals surface area contributed by atoms with Crippen LogP contribution >= 0.6 is 11.6 Å². The topological polar surface area (TPSA) is 95.2 Å². The lowest BCUT2D eigenvalue weighted by atomic mass is 10.1. The number of hydrogen-bond acceptors (Lipinski definition) is 5. The molecule has 4 rings (SSSR count). The number of nitrogens with zero attached hydrogens (tertiary/aromatic N) is 3. The molecule has 1 atom stereocenters. The van der Waals surface area contributed by atoms with Gasteiger partial charge in [-0.05, 0) is 36.2 Å². The van der Waals surface area contributed by atoms with Crippen LogP contribution in [0.25, 0.3) is 5.69 Å². The Morgan fingerprint density at radius 3 is 2.46 bits per heavy atom. The van der Waals surface area contributed by atoms with Crippen molar-refractivity contribution in [3.05, 3.63) is 122 Å². The number of benzene rings is 3. The van der Waals surface area contributed by atoms with Crippen LogP contribution in [0.5, 0.6) is 5.75 Å². The first-order valence-corrected chi connectivity index (χ1v) is 11.2. The van der Waals surface area contributed by atoms with Crippen molar-refractivity contribution in [3.63, 3.8) is 0 Å². The van der Waals surface area contributed by atoms with E-state index < -0.39 is 22.9 Å². The number of amides is 1. The van der Waals surface area contributed by atoms with Crippen LogP contribution in [0, 0.1) is 0 Å². The second-order valence-corrected chi connectivity index (χ2v) is 8.24. The van der Waals surface area contributed by atoms with Gasteiger partial charge in [-0.3, -0.25) is 14.2 Å². The summed E-state index contributed by atoms with van der Waals surface area (Å²) in [6, 6.07) is 22.4. The second-order valence-electron chi connectivity index (χ2n) is 7.83. The van der Waals surface area contributed by atoms with Crippen LogP contribution in [0.2, 0.25) is 5.02 Å². The van der Waals surface area contributed by atoms with Crippen molar-refractivity contribution in [1.29, 1.82) is 0 Å². The number of hydrogen-bond donors (Lipinski definition) is 1. The molecule has 0 aliphatic heterocycles. The van der Waals surface area contributed by atoms with Gasteiger partial charge in [0, 0.05) is 11.1 Å². The molecule has 0 fully saturated rings. The van der Waals surface area contributed by atoms with Crippen LogP contribution in [0.4, 0.5) is 0 Å². The minimum absolute atomic E-state index is 0.127. The fourth-order valence-corrected chi connectivity index (χ4v) is 3.79. The van der Waals surface area contributed by atoms with E-state index in [4.69, 9.17) is 16.3 Å². The molecule has 1 N–H and O–H groups in total. The van der Waals surface area contributed by atoms with Crippen molar-refractivity contribution in [2.45, 2.75) is 19.5 Å². The molecule has 1 heterocycles. The molecule has 3 aromatic carbocycles. The third kappa shape index (κ3) is 5.17. The second kappa shape index (κ2) is 10.4. The zero-order valence-corrected chi connectivity index (χ0v) is 19.9. The van der Waals surface area contributed by atoms with E-state index in [1.165, 1.54) is 7.11 Å². The molecular weight excluding hydrogens is 468 g/mol. The summed E-state index contributed by atoms with van der Waals surface area (Å²) in [5, 5.41) is 7.35. The van der Waals surface area contributed by atoms with Crippen molar-refractivity contribution in [3.8, 4) is 11.4 Å². The first-order valence-electron chi connectivity index (χ1n) is 10.9. The summed E-state index contributed by atoms with van der Waals surface area (Å²) < 4.78 is 7.22. The third-order valence-electron chi connectivity index (χ3n) is 5.51. The summed E-state index contributed by atoms with van der Waals surface area (Å²) in [5.41, 5.74) is -0.184. The Balaban J connectivity index is 1.83. The summed E-state index contributed by atoms with van der Waals surface area (Å²) >= 11 is 6.28. The van der Waals surface area contributed by atoms with E-state index in [9.17, 15) is 14.4 Å². The van der Waals surface area contributed by atoms with Gasteiger partial charge in [0.15, 0.2) is 0 Å². The summed E-state index contributed by atoms with van der Waals surface area (Å²) in [4.78, 5) is 39.9. The largest absolute Gasteiger partial charge is 0.497 e. The Morgan fingerprint density at radius 1 is 1.03 bits per heavy atom. The molecule has 178 valence electrons. The van der Waals surface area contributed by atoms with E-state index in [0.717, 1.165) is 14.8 Å². The summed E-state index contributed by atoms with van der Waals surface area (Å²) in [6.45, 7) is 1.67. The highest BCUT2D eigenvalue weighted by molar-refractivity contribution is 6.31. The van der Waals surface area contributed by atoms with Gasteiger partial charge in [0.2, 0.25) is 5.69 Å². The lowest BCUT2D eigenvalue weighted by molar-refractivity contribution is 0.0930. The van der Waals surface area contributed by atoms with E-state index in [1.54, 1.807) is 55.5 Å².